The zero-order valence-electron chi connectivity index (χ0n) is 22.9. The maximum absolute atomic E-state index is 15.1. The van der Waals surface area contributed by atoms with E-state index in [1.165, 1.54) is 11.0 Å². The number of hydrogen-bond acceptors (Lipinski definition) is 4. The normalized spacial score (nSPS) is 21.6. The summed E-state index contributed by atoms with van der Waals surface area (Å²) in [7, 11) is 0. The van der Waals surface area contributed by atoms with Crippen molar-refractivity contribution in [2.24, 2.45) is 16.8 Å². The molecule has 7 rings (SSSR count). The molecule has 42 heavy (non-hydrogen) atoms. The Hall–Kier alpha value is -4.05. The number of benzodiazepines with no additional fused rings is 1. The lowest BCUT2D eigenvalue weighted by molar-refractivity contribution is -0.132. The molecule has 1 unspecified atom stereocenters. The van der Waals surface area contributed by atoms with Crippen LogP contribution in [0.15, 0.2) is 82.3 Å². The molecule has 0 spiro atoms. The molecule has 1 aliphatic carbocycles. The molecule has 0 radical (unpaired) electrons. The number of amides is 4. The van der Waals surface area contributed by atoms with E-state index in [4.69, 9.17) is 0 Å². The van der Waals surface area contributed by atoms with Crippen LogP contribution in [0, 0.1) is 17.7 Å². The molecule has 0 aromatic heterocycles. The second-order valence-electron chi connectivity index (χ2n) is 11.1. The molecule has 3 fully saturated rings. The summed E-state index contributed by atoms with van der Waals surface area (Å²) in [5.41, 5.74) is 1.86. The third-order valence-corrected chi connectivity index (χ3v) is 8.81. The van der Waals surface area contributed by atoms with Crippen molar-refractivity contribution in [3.05, 3.63) is 94.2 Å². The van der Waals surface area contributed by atoms with Crippen molar-refractivity contribution < 1.29 is 18.8 Å². The van der Waals surface area contributed by atoms with E-state index >= 15 is 4.39 Å². The molecule has 8 nitrogen and oxygen atoms in total. The monoisotopic (exact) mass is 631 g/mol. The smallest absolute Gasteiger partial charge is 0.321 e. The Kier molecular flexibility index (Phi) is 8.06. The molecule has 4 aliphatic rings. The number of anilines is 2. The van der Waals surface area contributed by atoms with Gasteiger partial charge >= 0.3 is 6.03 Å². The standard InChI is InChI=1S/C32H31BrFN5O3/c33-22-13-15-23(16-14-22)35-32(42)37-30-31(41)39(19-28(40)38-17-20-9-10-21(18-38)12-11-20)27-8-4-2-6-25(27)29(36-30)24-5-1-3-7-26(24)34/h1-8,13-16,20-21,30H,9-12,17-19H2,(H2,35,37,42). The Balaban J connectivity index is 1.35. The van der Waals surface area contributed by atoms with Crippen LogP contribution in [0.1, 0.15) is 36.8 Å². The molecule has 2 N–H and O–H groups in total. The van der Waals surface area contributed by atoms with Gasteiger partial charge in [-0.15, -0.1) is 0 Å². The van der Waals surface area contributed by atoms with Crippen LogP contribution in [0.5, 0.6) is 0 Å². The Labute approximate surface area is 252 Å². The van der Waals surface area contributed by atoms with Gasteiger partial charge in [0.1, 0.15) is 12.4 Å². The molecule has 2 bridgehead atoms. The average Bonchev–Trinajstić information content (AvgIpc) is 3.38. The van der Waals surface area contributed by atoms with E-state index in [0.29, 0.717) is 41.9 Å². The predicted molar refractivity (Wildman–Crippen MR) is 163 cm³/mol. The zero-order chi connectivity index (χ0) is 29.2. The van der Waals surface area contributed by atoms with Gasteiger partial charge in [-0.2, -0.15) is 0 Å². The summed E-state index contributed by atoms with van der Waals surface area (Å²) >= 11 is 3.37. The number of nitrogens with zero attached hydrogens (tertiary/aromatic N) is 3. The van der Waals surface area contributed by atoms with Crippen molar-refractivity contribution in [1.82, 2.24) is 10.2 Å². The van der Waals surface area contributed by atoms with Crippen LogP contribution in [0.2, 0.25) is 0 Å². The summed E-state index contributed by atoms with van der Waals surface area (Å²) in [6.07, 6.45) is 3.09. The van der Waals surface area contributed by atoms with Crippen LogP contribution >= 0.6 is 15.9 Å². The summed E-state index contributed by atoms with van der Waals surface area (Å²) in [5, 5.41) is 5.37. The summed E-state index contributed by atoms with van der Waals surface area (Å²) in [6.45, 7) is 1.17. The number of nitrogens with one attached hydrogen (secondary N) is 2. The van der Waals surface area contributed by atoms with Crippen LogP contribution < -0.4 is 15.5 Å². The first kappa shape index (κ1) is 28.1. The van der Waals surface area contributed by atoms with Crippen molar-refractivity contribution in [1.29, 1.82) is 0 Å². The van der Waals surface area contributed by atoms with E-state index in [1.807, 2.05) is 4.90 Å². The number of urea groups is 1. The number of halogens is 2. The van der Waals surface area contributed by atoms with E-state index in [2.05, 4.69) is 31.6 Å². The van der Waals surface area contributed by atoms with Gasteiger partial charge in [-0.25, -0.2) is 14.2 Å². The highest BCUT2D eigenvalue weighted by Crippen LogP contribution is 2.34. The molecule has 1 saturated carbocycles. The lowest BCUT2D eigenvalue weighted by Gasteiger charge is -2.29. The zero-order valence-corrected chi connectivity index (χ0v) is 24.5. The maximum atomic E-state index is 15.1. The molecule has 3 aromatic rings. The number of rotatable bonds is 5. The van der Waals surface area contributed by atoms with E-state index in [1.54, 1.807) is 66.7 Å². The largest absolute Gasteiger partial charge is 0.341 e. The minimum absolute atomic E-state index is 0.149. The second-order valence-corrected chi connectivity index (χ2v) is 12.0. The van der Waals surface area contributed by atoms with Crippen LogP contribution in [0.3, 0.4) is 0 Å². The van der Waals surface area contributed by atoms with Crippen LogP contribution in [0.4, 0.5) is 20.6 Å². The molecule has 1 atom stereocenters. The van der Waals surface area contributed by atoms with Crippen molar-refractivity contribution >= 4 is 50.9 Å². The summed E-state index contributed by atoms with van der Waals surface area (Å²) in [5.74, 6) is -0.281. The van der Waals surface area contributed by atoms with Gasteiger partial charge in [0.2, 0.25) is 12.1 Å². The number of hydrogen-bond donors (Lipinski definition) is 2. The van der Waals surface area contributed by atoms with Gasteiger partial charge < -0.3 is 15.5 Å². The summed E-state index contributed by atoms with van der Waals surface area (Å²) < 4.78 is 16.0. The fourth-order valence-electron chi connectivity index (χ4n) is 6.11. The van der Waals surface area contributed by atoms with Gasteiger partial charge in [-0.1, -0.05) is 46.3 Å². The molecule has 2 saturated heterocycles. The lowest BCUT2D eigenvalue weighted by atomic mass is 9.84. The number of para-hydroxylation sites is 1. The molecule has 3 aromatic carbocycles. The van der Waals surface area contributed by atoms with E-state index in [-0.39, 0.29) is 23.7 Å². The molecule has 3 heterocycles. The molecule has 3 aliphatic heterocycles. The fraction of sp³-hybridized carbons (Fsp3) is 0.312. The van der Waals surface area contributed by atoms with Crippen LogP contribution in [-0.2, 0) is 9.59 Å². The number of carbonyl (C=O) groups is 3. The first-order valence-corrected chi connectivity index (χ1v) is 15.0. The first-order chi connectivity index (χ1) is 20.4. The fourth-order valence-corrected chi connectivity index (χ4v) is 6.38. The highest BCUT2D eigenvalue weighted by Gasteiger charge is 2.37. The minimum atomic E-state index is -1.41. The Morgan fingerprint density at radius 3 is 2.17 bits per heavy atom. The first-order valence-electron chi connectivity index (χ1n) is 14.2. The van der Waals surface area contributed by atoms with Crippen molar-refractivity contribution in [2.45, 2.75) is 31.8 Å². The predicted octanol–water partition coefficient (Wildman–Crippen LogP) is 5.57. The van der Waals surface area contributed by atoms with Gasteiger partial charge in [0.25, 0.3) is 5.91 Å². The third kappa shape index (κ3) is 5.94. The molecular weight excluding hydrogens is 601 g/mol. The van der Waals surface area contributed by atoms with Gasteiger partial charge in [-0.3, -0.25) is 14.5 Å². The lowest BCUT2D eigenvalue weighted by Crippen LogP contribution is -2.51. The molecule has 10 heteroatoms. The summed E-state index contributed by atoms with van der Waals surface area (Å²) in [4.78, 5) is 48.8. The highest BCUT2D eigenvalue weighted by atomic mass is 79.9. The Morgan fingerprint density at radius 2 is 1.50 bits per heavy atom. The van der Waals surface area contributed by atoms with Gasteiger partial charge in [0, 0.05) is 34.4 Å². The van der Waals surface area contributed by atoms with Gasteiger partial charge in [0.15, 0.2) is 0 Å². The van der Waals surface area contributed by atoms with Gasteiger partial charge in [0.05, 0.1) is 11.4 Å². The Bertz CT molecular complexity index is 1520. The van der Waals surface area contributed by atoms with Crippen molar-refractivity contribution in [2.75, 3.05) is 29.9 Å². The third-order valence-electron chi connectivity index (χ3n) is 8.28. The number of carbonyl (C=O) groups excluding carboxylic acids is 3. The SMILES string of the molecule is O=C(Nc1ccc(Br)cc1)NC1N=C(c2ccccc2F)c2ccccc2N(CC(=O)N2CC3CCC(CC3)C2)C1=O. The minimum Gasteiger partial charge on any atom is -0.341 e. The molecule has 4 amide bonds. The number of aliphatic imine (C=N–C) groups is 1. The topological polar surface area (TPSA) is 94.1 Å². The Morgan fingerprint density at radius 1 is 0.881 bits per heavy atom. The quantitative estimate of drug-likeness (QED) is 0.386. The molecule has 216 valence electrons. The van der Waals surface area contributed by atoms with E-state index in [9.17, 15) is 14.4 Å². The van der Waals surface area contributed by atoms with E-state index in [0.717, 1.165) is 30.2 Å². The van der Waals surface area contributed by atoms with Crippen LogP contribution in [-0.4, -0.2) is 54.3 Å². The maximum Gasteiger partial charge on any atom is 0.321 e. The van der Waals surface area contributed by atoms with Crippen molar-refractivity contribution in [3.63, 3.8) is 0 Å². The average molecular weight is 633 g/mol. The molecular formula is C32H31BrFN5O3. The second kappa shape index (κ2) is 12.1. The highest BCUT2D eigenvalue weighted by molar-refractivity contribution is 9.10. The van der Waals surface area contributed by atoms with Gasteiger partial charge in [-0.05, 0) is 80.0 Å². The van der Waals surface area contributed by atoms with E-state index < -0.39 is 23.9 Å². The summed E-state index contributed by atoms with van der Waals surface area (Å²) in [6, 6.07) is 19.5. The van der Waals surface area contributed by atoms with Crippen LogP contribution in [0.25, 0.3) is 0 Å². The number of benzene rings is 3. The van der Waals surface area contributed by atoms with Crippen molar-refractivity contribution in [3.8, 4) is 0 Å². The number of fused-ring (bicyclic) bond motifs is 5.